The number of ether oxygens (including phenoxy) is 1. The molecule has 0 heterocycles. The van der Waals surface area contributed by atoms with Crippen LogP contribution in [0.25, 0.3) is 0 Å². The second-order valence-electron chi connectivity index (χ2n) is 4.00. The van der Waals surface area contributed by atoms with Crippen LogP contribution in [0.15, 0.2) is 48.5 Å². The van der Waals surface area contributed by atoms with Crippen molar-refractivity contribution >= 4 is 0 Å². The van der Waals surface area contributed by atoms with Crippen molar-refractivity contribution in [2.45, 2.75) is 13.3 Å². The second kappa shape index (κ2) is 5.18. The molecule has 84 valence electrons. The Morgan fingerprint density at radius 2 is 1.82 bits per heavy atom. The predicted molar refractivity (Wildman–Crippen MR) is 66.7 cm³/mol. The molecule has 2 heteroatoms. The van der Waals surface area contributed by atoms with E-state index in [1.54, 1.807) is 6.26 Å². The Labute approximate surface area is 101 Å². The van der Waals surface area contributed by atoms with E-state index in [9.17, 15) is 0 Å². The van der Waals surface area contributed by atoms with Gasteiger partial charge in [-0.2, -0.15) is 0 Å². The van der Waals surface area contributed by atoms with Crippen LogP contribution in [-0.2, 0) is 6.42 Å². The fourth-order valence-electron chi connectivity index (χ4n) is 1.79. The maximum atomic E-state index is 8.38. The van der Waals surface area contributed by atoms with E-state index in [1.165, 1.54) is 16.7 Å². The van der Waals surface area contributed by atoms with Crippen molar-refractivity contribution < 1.29 is 4.74 Å². The molecule has 2 aromatic carbocycles. The SMILES string of the molecule is Cc1cccc(Cc2ccc(OC#N)cc2)c1. The lowest BCUT2D eigenvalue weighted by atomic mass is 10.0. The highest BCUT2D eigenvalue weighted by atomic mass is 16.5. The maximum Gasteiger partial charge on any atom is 0.292 e. The monoisotopic (exact) mass is 223 g/mol. The van der Waals surface area contributed by atoms with Crippen LogP contribution in [0, 0.1) is 18.4 Å². The fourth-order valence-corrected chi connectivity index (χ4v) is 1.79. The zero-order valence-electron chi connectivity index (χ0n) is 9.68. The van der Waals surface area contributed by atoms with E-state index in [4.69, 9.17) is 10.00 Å². The minimum absolute atomic E-state index is 0.584. The molecule has 0 radical (unpaired) electrons. The van der Waals surface area contributed by atoms with Gasteiger partial charge in [-0.3, -0.25) is 0 Å². The Morgan fingerprint density at radius 3 is 2.47 bits per heavy atom. The van der Waals surface area contributed by atoms with Crippen LogP contribution < -0.4 is 4.74 Å². The summed E-state index contributed by atoms with van der Waals surface area (Å²) < 4.78 is 4.74. The Balaban J connectivity index is 2.11. The van der Waals surface area contributed by atoms with E-state index in [0.717, 1.165) is 6.42 Å². The van der Waals surface area contributed by atoms with Gasteiger partial charge in [-0.1, -0.05) is 42.0 Å². The van der Waals surface area contributed by atoms with E-state index >= 15 is 0 Å². The normalized spacial score (nSPS) is 9.65. The van der Waals surface area contributed by atoms with Gasteiger partial charge in [-0.05, 0) is 36.6 Å². The molecule has 0 aliphatic carbocycles. The zero-order chi connectivity index (χ0) is 12.1. The van der Waals surface area contributed by atoms with Crippen LogP contribution in [-0.4, -0.2) is 0 Å². The Hall–Kier alpha value is -2.27. The first-order chi connectivity index (χ1) is 8.28. The summed E-state index contributed by atoms with van der Waals surface area (Å²) in [6.45, 7) is 2.09. The van der Waals surface area contributed by atoms with Crippen molar-refractivity contribution in [2.75, 3.05) is 0 Å². The summed E-state index contributed by atoms with van der Waals surface area (Å²) in [6.07, 6.45) is 2.56. The number of aryl methyl sites for hydroxylation is 1. The van der Waals surface area contributed by atoms with Gasteiger partial charge >= 0.3 is 0 Å². The van der Waals surface area contributed by atoms with Gasteiger partial charge < -0.3 is 4.74 Å². The standard InChI is InChI=1S/C15H13NO/c1-12-3-2-4-14(9-12)10-13-5-7-15(8-6-13)17-11-16/h2-9H,10H2,1H3. The first-order valence-corrected chi connectivity index (χ1v) is 5.48. The summed E-state index contributed by atoms with van der Waals surface area (Å²) in [6, 6.07) is 16.0. The van der Waals surface area contributed by atoms with Crippen LogP contribution in [0.3, 0.4) is 0 Å². The molecule has 0 aliphatic heterocycles. The first kappa shape index (κ1) is 11.2. The molecule has 0 aromatic heterocycles. The van der Waals surface area contributed by atoms with Crippen LogP contribution in [0.2, 0.25) is 0 Å². The average Bonchev–Trinajstić information content (AvgIpc) is 2.32. The van der Waals surface area contributed by atoms with E-state index in [2.05, 4.69) is 31.2 Å². The molecule has 0 aliphatic rings. The van der Waals surface area contributed by atoms with Crippen molar-refractivity contribution in [3.8, 4) is 12.0 Å². The number of hydrogen-bond acceptors (Lipinski definition) is 2. The summed E-state index contributed by atoms with van der Waals surface area (Å²) in [4.78, 5) is 0. The summed E-state index contributed by atoms with van der Waals surface area (Å²) in [7, 11) is 0. The van der Waals surface area contributed by atoms with Crippen molar-refractivity contribution in [2.24, 2.45) is 0 Å². The second-order valence-corrected chi connectivity index (χ2v) is 4.00. The number of hydrogen-bond donors (Lipinski definition) is 0. The van der Waals surface area contributed by atoms with Crippen molar-refractivity contribution in [3.63, 3.8) is 0 Å². The molecule has 2 rings (SSSR count). The van der Waals surface area contributed by atoms with Crippen molar-refractivity contribution in [3.05, 3.63) is 65.2 Å². The quantitative estimate of drug-likeness (QED) is 0.747. The molecule has 0 unspecified atom stereocenters. The number of nitrogens with zero attached hydrogens (tertiary/aromatic N) is 1. The molecule has 17 heavy (non-hydrogen) atoms. The van der Waals surface area contributed by atoms with E-state index in [-0.39, 0.29) is 0 Å². The van der Waals surface area contributed by atoms with E-state index < -0.39 is 0 Å². The lowest BCUT2D eigenvalue weighted by Crippen LogP contribution is -1.89. The molecule has 2 nitrogen and oxygen atoms in total. The number of benzene rings is 2. The zero-order valence-corrected chi connectivity index (χ0v) is 9.68. The molecule has 0 saturated heterocycles. The molecule has 0 atom stereocenters. The van der Waals surface area contributed by atoms with Crippen molar-refractivity contribution in [1.82, 2.24) is 0 Å². The molecule has 0 N–H and O–H groups in total. The fraction of sp³-hybridized carbons (Fsp3) is 0.133. The third kappa shape index (κ3) is 3.09. The van der Waals surface area contributed by atoms with Crippen molar-refractivity contribution in [1.29, 1.82) is 5.26 Å². The first-order valence-electron chi connectivity index (χ1n) is 5.48. The van der Waals surface area contributed by atoms with Gasteiger partial charge in [0.05, 0.1) is 0 Å². The van der Waals surface area contributed by atoms with Gasteiger partial charge in [0.2, 0.25) is 0 Å². The summed E-state index contributed by atoms with van der Waals surface area (Å²) >= 11 is 0. The third-order valence-corrected chi connectivity index (χ3v) is 2.58. The largest absolute Gasteiger partial charge is 0.388 e. The summed E-state index contributed by atoms with van der Waals surface area (Å²) in [5.74, 6) is 0.584. The maximum absolute atomic E-state index is 8.38. The molecule has 2 aromatic rings. The number of nitriles is 1. The minimum atomic E-state index is 0.584. The predicted octanol–water partition coefficient (Wildman–Crippen LogP) is 3.45. The summed E-state index contributed by atoms with van der Waals surface area (Å²) in [5.41, 5.74) is 3.77. The highest BCUT2D eigenvalue weighted by Crippen LogP contribution is 2.15. The van der Waals surface area contributed by atoms with Gasteiger partial charge in [0.25, 0.3) is 6.26 Å². The van der Waals surface area contributed by atoms with Gasteiger partial charge in [0.15, 0.2) is 0 Å². The highest BCUT2D eigenvalue weighted by Gasteiger charge is 1.98. The van der Waals surface area contributed by atoms with Gasteiger partial charge in [0.1, 0.15) is 5.75 Å². The minimum Gasteiger partial charge on any atom is -0.388 e. The van der Waals surface area contributed by atoms with Crippen LogP contribution >= 0.6 is 0 Å². The van der Waals surface area contributed by atoms with Gasteiger partial charge in [0, 0.05) is 0 Å². The van der Waals surface area contributed by atoms with E-state index in [0.29, 0.717) is 5.75 Å². The molecule has 0 fully saturated rings. The van der Waals surface area contributed by atoms with E-state index in [1.807, 2.05) is 24.3 Å². The average molecular weight is 223 g/mol. The molecule has 0 bridgehead atoms. The topological polar surface area (TPSA) is 33.0 Å². The molecule has 0 saturated carbocycles. The smallest absolute Gasteiger partial charge is 0.292 e. The lowest BCUT2D eigenvalue weighted by molar-refractivity contribution is 0.507. The Kier molecular flexibility index (Phi) is 3.42. The van der Waals surface area contributed by atoms with Crippen LogP contribution in [0.4, 0.5) is 0 Å². The van der Waals surface area contributed by atoms with Crippen LogP contribution in [0.1, 0.15) is 16.7 Å². The van der Waals surface area contributed by atoms with Crippen LogP contribution in [0.5, 0.6) is 5.75 Å². The number of rotatable bonds is 3. The lowest BCUT2D eigenvalue weighted by Gasteiger charge is -2.03. The summed E-state index contributed by atoms with van der Waals surface area (Å²) in [5, 5.41) is 8.38. The third-order valence-electron chi connectivity index (χ3n) is 2.58. The molecular weight excluding hydrogens is 210 g/mol. The highest BCUT2D eigenvalue weighted by molar-refractivity contribution is 5.33. The van der Waals surface area contributed by atoms with Gasteiger partial charge in [-0.25, -0.2) is 0 Å². The Morgan fingerprint density at radius 1 is 1.06 bits per heavy atom. The molecule has 0 amide bonds. The van der Waals surface area contributed by atoms with Gasteiger partial charge in [-0.15, -0.1) is 5.26 Å². The molecule has 0 spiro atoms. The molecular formula is C15H13NO. The Bertz CT molecular complexity index is 538.